The standard InChI is InChI=1S/C25H29NO5.ClH/c1-17(15-29-19-8-3-2-4-9-19)26-14-18(27)16-30-22-12-7-13-23-24(22)20-10-5-6-11-21(20)25(28)31-23;/h2-4,7-9,12-13,17-18,26-27H,5-6,10-11,14-16H2,1H3;1H. The number of para-hydroxylation sites is 1. The second-order valence-corrected chi connectivity index (χ2v) is 8.08. The Morgan fingerprint density at radius 1 is 1.00 bits per heavy atom. The van der Waals surface area contributed by atoms with E-state index in [4.69, 9.17) is 13.9 Å². The lowest BCUT2D eigenvalue weighted by Crippen LogP contribution is -2.39. The van der Waals surface area contributed by atoms with Gasteiger partial charge in [0.15, 0.2) is 0 Å². The summed E-state index contributed by atoms with van der Waals surface area (Å²) in [4.78, 5) is 12.3. The fourth-order valence-corrected chi connectivity index (χ4v) is 3.96. The van der Waals surface area contributed by atoms with E-state index in [1.807, 2.05) is 49.4 Å². The first-order chi connectivity index (χ1) is 15.1. The molecule has 0 aliphatic heterocycles. The van der Waals surface area contributed by atoms with Crippen molar-refractivity contribution in [3.05, 3.63) is 70.1 Å². The Balaban J connectivity index is 0.00000289. The number of halogens is 1. The molecule has 0 spiro atoms. The summed E-state index contributed by atoms with van der Waals surface area (Å²) in [5, 5.41) is 14.5. The minimum absolute atomic E-state index is 0. The third kappa shape index (κ3) is 5.82. The molecular formula is C25H30ClNO5. The van der Waals surface area contributed by atoms with Gasteiger partial charge >= 0.3 is 5.63 Å². The Kier molecular flexibility index (Phi) is 8.56. The summed E-state index contributed by atoms with van der Waals surface area (Å²) in [6, 6.07) is 15.2. The molecule has 2 atom stereocenters. The van der Waals surface area contributed by atoms with Crippen molar-refractivity contribution in [1.82, 2.24) is 5.32 Å². The van der Waals surface area contributed by atoms with Crippen LogP contribution in [-0.2, 0) is 12.8 Å². The van der Waals surface area contributed by atoms with E-state index in [0.29, 0.717) is 24.5 Å². The van der Waals surface area contributed by atoms with Gasteiger partial charge in [-0.1, -0.05) is 24.3 Å². The molecular weight excluding hydrogens is 430 g/mol. The van der Waals surface area contributed by atoms with Gasteiger partial charge < -0.3 is 24.3 Å². The maximum Gasteiger partial charge on any atom is 0.339 e. The van der Waals surface area contributed by atoms with Crippen molar-refractivity contribution in [3.8, 4) is 11.5 Å². The summed E-state index contributed by atoms with van der Waals surface area (Å²) >= 11 is 0. The number of ether oxygens (including phenoxy) is 2. The normalized spacial score (nSPS) is 14.8. The van der Waals surface area contributed by atoms with E-state index in [0.717, 1.165) is 47.9 Å². The van der Waals surface area contributed by atoms with Crippen LogP contribution in [0.3, 0.4) is 0 Å². The highest BCUT2D eigenvalue weighted by atomic mass is 35.5. The molecule has 0 amide bonds. The molecule has 2 aromatic carbocycles. The highest BCUT2D eigenvalue weighted by molar-refractivity contribution is 5.88. The first-order valence-electron chi connectivity index (χ1n) is 10.9. The molecule has 7 heteroatoms. The molecule has 32 heavy (non-hydrogen) atoms. The van der Waals surface area contributed by atoms with Crippen LogP contribution >= 0.6 is 12.4 Å². The molecule has 0 saturated heterocycles. The van der Waals surface area contributed by atoms with Gasteiger partial charge in [-0.2, -0.15) is 0 Å². The number of nitrogens with one attached hydrogen (secondary N) is 1. The molecule has 0 radical (unpaired) electrons. The molecule has 1 aromatic heterocycles. The molecule has 172 valence electrons. The van der Waals surface area contributed by atoms with Crippen LogP contribution in [0.4, 0.5) is 0 Å². The monoisotopic (exact) mass is 459 g/mol. The Morgan fingerprint density at radius 2 is 1.75 bits per heavy atom. The molecule has 1 aliphatic carbocycles. The molecule has 2 N–H and O–H groups in total. The minimum Gasteiger partial charge on any atom is -0.492 e. The summed E-state index contributed by atoms with van der Waals surface area (Å²) in [5.74, 6) is 1.48. The summed E-state index contributed by atoms with van der Waals surface area (Å²) in [7, 11) is 0. The van der Waals surface area contributed by atoms with Crippen LogP contribution in [0.15, 0.2) is 57.7 Å². The van der Waals surface area contributed by atoms with Gasteiger partial charge in [-0.25, -0.2) is 4.79 Å². The number of benzene rings is 2. The predicted molar refractivity (Wildman–Crippen MR) is 127 cm³/mol. The number of fused-ring (bicyclic) bond motifs is 3. The van der Waals surface area contributed by atoms with Gasteiger partial charge in [0.1, 0.15) is 36.4 Å². The number of hydrogen-bond acceptors (Lipinski definition) is 6. The lowest BCUT2D eigenvalue weighted by molar-refractivity contribution is 0.102. The summed E-state index contributed by atoms with van der Waals surface area (Å²) in [5.41, 5.74) is 2.11. The van der Waals surface area contributed by atoms with Crippen molar-refractivity contribution in [2.24, 2.45) is 0 Å². The molecule has 2 unspecified atom stereocenters. The van der Waals surface area contributed by atoms with Crippen LogP contribution in [0.1, 0.15) is 30.9 Å². The fourth-order valence-electron chi connectivity index (χ4n) is 3.96. The van der Waals surface area contributed by atoms with E-state index in [1.54, 1.807) is 6.07 Å². The Bertz CT molecular complexity index is 1070. The summed E-state index contributed by atoms with van der Waals surface area (Å²) in [6.07, 6.45) is 2.97. The van der Waals surface area contributed by atoms with Crippen LogP contribution in [0, 0.1) is 0 Å². The second-order valence-electron chi connectivity index (χ2n) is 8.08. The smallest absolute Gasteiger partial charge is 0.339 e. The van der Waals surface area contributed by atoms with E-state index in [2.05, 4.69) is 5.32 Å². The first kappa shape index (κ1) is 24.1. The van der Waals surface area contributed by atoms with Gasteiger partial charge in [-0.3, -0.25) is 0 Å². The number of aryl methyl sites for hydroxylation is 1. The number of rotatable bonds is 9. The number of aliphatic hydroxyl groups is 1. The van der Waals surface area contributed by atoms with Crippen molar-refractivity contribution in [3.63, 3.8) is 0 Å². The van der Waals surface area contributed by atoms with E-state index in [-0.39, 0.29) is 30.7 Å². The molecule has 3 aromatic rings. The molecule has 0 saturated carbocycles. The quantitative estimate of drug-likeness (QED) is 0.472. The molecule has 6 nitrogen and oxygen atoms in total. The number of hydrogen-bond donors (Lipinski definition) is 2. The first-order valence-corrected chi connectivity index (χ1v) is 10.9. The van der Waals surface area contributed by atoms with Crippen LogP contribution in [0.2, 0.25) is 0 Å². The van der Waals surface area contributed by atoms with E-state index < -0.39 is 6.10 Å². The lowest BCUT2D eigenvalue weighted by Gasteiger charge is -2.20. The maximum absolute atomic E-state index is 12.3. The molecule has 4 rings (SSSR count). The van der Waals surface area contributed by atoms with E-state index in [9.17, 15) is 9.90 Å². The van der Waals surface area contributed by atoms with Gasteiger partial charge in [-0.15, -0.1) is 12.4 Å². The van der Waals surface area contributed by atoms with Gasteiger partial charge in [-0.05, 0) is 62.4 Å². The minimum atomic E-state index is -0.680. The predicted octanol–water partition coefficient (Wildman–Crippen LogP) is 3.89. The molecule has 0 fully saturated rings. The highest BCUT2D eigenvalue weighted by Gasteiger charge is 2.21. The zero-order valence-electron chi connectivity index (χ0n) is 18.2. The van der Waals surface area contributed by atoms with Crippen LogP contribution in [-0.4, -0.2) is 37.0 Å². The van der Waals surface area contributed by atoms with Crippen LogP contribution < -0.4 is 20.4 Å². The average molecular weight is 460 g/mol. The van der Waals surface area contributed by atoms with Crippen molar-refractivity contribution in [2.45, 2.75) is 44.8 Å². The molecule has 1 aliphatic rings. The van der Waals surface area contributed by atoms with Crippen LogP contribution in [0.25, 0.3) is 11.0 Å². The van der Waals surface area contributed by atoms with Gasteiger partial charge in [0.05, 0.1) is 5.39 Å². The van der Waals surface area contributed by atoms with Crippen LogP contribution in [0.5, 0.6) is 11.5 Å². The Hall–Kier alpha value is -2.54. The fraction of sp³-hybridized carbons (Fsp3) is 0.400. The van der Waals surface area contributed by atoms with Crippen molar-refractivity contribution < 1.29 is 19.0 Å². The SMILES string of the molecule is CC(COc1ccccc1)NCC(O)COc1cccc2oc(=O)c3c(c12)CCCC3.Cl. The largest absolute Gasteiger partial charge is 0.492 e. The van der Waals surface area contributed by atoms with Crippen molar-refractivity contribution in [2.75, 3.05) is 19.8 Å². The third-order valence-corrected chi connectivity index (χ3v) is 5.58. The van der Waals surface area contributed by atoms with Gasteiger partial charge in [0.2, 0.25) is 0 Å². The average Bonchev–Trinajstić information content (AvgIpc) is 2.80. The van der Waals surface area contributed by atoms with Gasteiger partial charge in [0.25, 0.3) is 0 Å². The molecule has 0 bridgehead atoms. The molecule has 1 heterocycles. The maximum atomic E-state index is 12.3. The van der Waals surface area contributed by atoms with Crippen molar-refractivity contribution in [1.29, 1.82) is 0 Å². The third-order valence-electron chi connectivity index (χ3n) is 5.58. The van der Waals surface area contributed by atoms with E-state index in [1.165, 1.54) is 0 Å². The Morgan fingerprint density at radius 3 is 2.53 bits per heavy atom. The zero-order valence-corrected chi connectivity index (χ0v) is 19.0. The summed E-state index contributed by atoms with van der Waals surface area (Å²) in [6.45, 7) is 3.05. The highest BCUT2D eigenvalue weighted by Crippen LogP contribution is 2.33. The number of aliphatic hydroxyl groups excluding tert-OH is 1. The Labute approximate surface area is 194 Å². The second kappa shape index (κ2) is 11.4. The summed E-state index contributed by atoms with van der Waals surface area (Å²) < 4.78 is 17.2. The van der Waals surface area contributed by atoms with Gasteiger partial charge in [0, 0.05) is 18.2 Å². The van der Waals surface area contributed by atoms with Crippen molar-refractivity contribution >= 4 is 23.4 Å². The lowest BCUT2D eigenvalue weighted by atomic mass is 9.90. The zero-order chi connectivity index (χ0) is 21.6. The topological polar surface area (TPSA) is 80.9 Å². The van der Waals surface area contributed by atoms with E-state index >= 15 is 0 Å².